The summed E-state index contributed by atoms with van der Waals surface area (Å²) in [7, 11) is 0. The molecule has 50 heteroatoms. The minimum atomic E-state index is -3.35. The summed E-state index contributed by atoms with van der Waals surface area (Å²) >= 11 is 0. The zero-order chi connectivity index (χ0) is 84.0. The highest BCUT2D eigenvalue weighted by Gasteiger charge is 2.63. The van der Waals surface area contributed by atoms with Gasteiger partial charge < -0.3 is 230 Å². The average molecular weight is 1660 g/mol. The second-order valence-corrected chi connectivity index (χ2v) is 28.6. The van der Waals surface area contributed by atoms with Gasteiger partial charge in [0.05, 0.1) is 77.2 Å². The monoisotopic (exact) mass is 1660 g/mol. The molecule has 0 aromatic rings. The number of carbonyl (C=O) groups is 4. The van der Waals surface area contributed by atoms with Crippen LogP contribution in [0.3, 0.4) is 0 Å². The van der Waals surface area contributed by atoms with Gasteiger partial charge >= 0.3 is 5.97 Å². The van der Waals surface area contributed by atoms with Crippen molar-refractivity contribution in [2.45, 2.75) is 317 Å². The van der Waals surface area contributed by atoms with Crippen molar-refractivity contribution in [3.8, 4) is 0 Å². The average Bonchev–Trinajstić information content (AvgIpc) is 0.752. The number of ether oxygens (including phenoxy) is 16. The number of hydrogen-bond donors (Lipinski definition) is 30. The molecule has 0 bridgehead atoms. The van der Waals surface area contributed by atoms with Gasteiger partial charge in [-0.2, -0.15) is 0 Å². The number of aliphatic hydroxyl groups is 26. The van der Waals surface area contributed by atoms with E-state index in [-0.39, 0.29) is 0 Å². The van der Waals surface area contributed by atoms with E-state index in [1.54, 1.807) is 0 Å². The van der Waals surface area contributed by atoms with E-state index in [2.05, 4.69) is 16.0 Å². The van der Waals surface area contributed by atoms with Crippen LogP contribution in [0.1, 0.15) is 41.0 Å². The number of rotatable bonds is 33. The molecule has 8 saturated heterocycles. The Balaban J connectivity index is 1.18. The lowest BCUT2D eigenvalue weighted by atomic mass is 9.88. The van der Waals surface area contributed by atoms with Gasteiger partial charge in [-0.3, -0.25) is 14.4 Å². The largest absolute Gasteiger partial charge is 0.477 e. The third kappa shape index (κ3) is 21.2. The van der Waals surface area contributed by atoms with Gasteiger partial charge in [-0.1, -0.05) is 0 Å². The topological polar surface area (TPSA) is 798 Å². The Kier molecular flexibility index (Phi) is 34.3. The maximum absolute atomic E-state index is 13.6. The van der Waals surface area contributed by atoms with Gasteiger partial charge in [0.1, 0.15) is 201 Å². The fraction of sp³-hybridized carbons (Fsp3) is 0.937. The number of amides is 3. The minimum Gasteiger partial charge on any atom is -0.477 e. The van der Waals surface area contributed by atoms with Crippen molar-refractivity contribution in [3.05, 3.63) is 0 Å². The Morgan fingerprint density at radius 2 is 0.779 bits per heavy atom. The molecule has 45 atom stereocenters. The van der Waals surface area contributed by atoms with Crippen molar-refractivity contribution in [3.63, 3.8) is 0 Å². The van der Waals surface area contributed by atoms with E-state index >= 15 is 0 Å². The lowest BCUT2D eigenvalue weighted by molar-refractivity contribution is -0.395. The Labute approximate surface area is 640 Å². The maximum atomic E-state index is 13.6. The predicted octanol–water partition coefficient (Wildman–Crippen LogP) is -19.3. The first-order valence-electron chi connectivity index (χ1n) is 35.9. The molecule has 3 amide bonds. The van der Waals surface area contributed by atoms with Crippen LogP contribution in [0.25, 0.3) is 0 Å². The molecule has 0 radical (unpaired) electrons. The maximum Gasteiger partial charge on any atom is 0.364 e. The van der Waals surface area contributed by atoms with E-state index < -0.39 is 358 Å². The van der Waals surface area contributed by atoms with Crippen molar-refractivity contribution < 1.29 is 233 Å². The van der Waals surface area contributed by atoms with Crippen molar-refractivity contribution in [1.82, 2.24) is 16.0 Å². The van der Waals surface area contributed by atoms with Crippen LogP contribution >= 0.6 is 0 Å². The van der Waals surface area contributed by atoms with E-state index in [1.807, 2.05) is 0 Å². The van der Waals surface area contributed by atoms with Gasteiger partial charge in [0.2, 0.25) is 17.7 Å². The van der Waals surface area contributed by atoms with E-state index in [1.165, 1.54) is 13.8 Å². The van der Waals surface area contributed by atoms with Gasteiger partial charge in [0.25, 0.3) is 5.79 Å². The highest BCUT2D eigenvalue weighted by atomic mass is 16.8. The molecule has 30 N–H and O–H groups in total. The number of carbonyl (C=O) groups excluding carboxylic acids is 3. The summed E-state index contributed by atoms with van der Waals surface area (Å²) in [4.78, 5) is 52.7. The highest BCUT2D eigenvalue weighted by Crippen LogP contribution is 2.42. The van der Waals surface area contributed by atoms with Crippen LogP contribution in [0.5, 0.6) is 0 Å². The minimum absolute atomic E-state index is 0.882. The Morgan fingerprint density at radius 3 is 1.24 bits per heavy atom. The smallest absolute Gasteiger partial charge is 0.364 e. The van der Waals surface area contributed by atoms with Gasteiger partial charge in [0, 0.05) is 27.2 Å². The number of carboxylic acid groups (broad SMARTS) is 1. The van der Waals surface area contributed by atoms with Crippen molar-refractivity contribution >= 4 is 23.7 Å². The third-order valence-corrected chi connectivity index (χ3v) is 20.5. The molecule has 0 spiro atoms. The predicted molar refractivity (Wildman–Crippen MR) is 348 cm³/mol. The number of nitrogens with one attached hydrogen (secondary N) is 3. The highest BCUT2D eigenvalue weighted by molar-refractivity contribution is 5.77. The number of hydrogen-bond acceptors (Lipinski definition) is 46. The van der Waals surface area contributed by atoms with Gasteiger partial charge in [-0.15, -0.1) is 0 Å². The van der Waals surface area contributed by atoms with Crippen LogP contribution in [0.4, 0.5) is 0 Å². The second-order valence-electron chi connectivity index (χ2n) is 28.6. The van der Waals surface area contributed by atoms with E-state index in [0.29, 0.717) is 0 Å². The summed E-state index contributed by atoms with van der Waals surface area (Å²) < 4.78 is 95.9. The lowest BCUT2D eigenvalue weighted by Crippen LogP contribution is -2.72. The number of aliphatic carboxylic acids is 1. The summed E-state index contributed by atoms with van der Waals surface area (Å²) in [6, 6.07) is -5.92. The molecule has 8 rings (SSSR count). The Morgan fingerprint density at radius 1 is 0.398 bits per heavy atom. The molecule has 0 aromatic heterocycles. The molecular weight excluding hydrogens is 1550 g/mol. The molecule has 8 fully saturated rings. The van der Waals surface area contributed by atoms with E-state index in [0.717, 1.165) is 20.8 Å². The van der Waals surface area contributed by atoms with Crippen LogP contribution in [0.2, 0.25) is 0 Å². The van der Waals surface area contributed by atoms with Crippen LogP contribution in [-0.4, -0.2) is 490 Å². The fourth-order valence-corrected chi connectivity index (χ4v) is 14.3. The molecule has 0 aliphatic carbocycles. The number of aliphatic hydroxyl groups excluding tert-OH is 26. The Hall–Kier alpha value is -3.80. The molecule has 50 nitrogen and oxygen atoms in total. The normalized spacial score (nSPS) is 46.3. The summed E-state index contributed by atoms with van der Waals surface area (Å²) in [5, 5.41) is 304. The van der Waals surface area contributed by atoms with Gasteiger partial charge in [-0.25, -0.2) is 4.79 Å². The third-order valence-electron chi connectivity index (χ3n) is 20.5. The summed E-state index contributed by atoms with van der Waals surface area (Å²) in [6.07, 6.45) is -90.2. The van der Waals surface area contributed by atoms with Gasteiger partial charge in [-0.05, 0) is 13.8 Å². The van der Waals surface area contributed by atoms with Crippen LogP contribution in [0, 0.1) is 0 Å². The quantitative estimate of drug-likeness (QED) is 0.0290. The SMILES string of the molecule is CC(=O)N[C@H]1[C@H](O[C@H]2[C@@H](O)[C@@H](CO[C@@H]3O[C@H](CO)[C@@H](O[C@@H]4O[C@H](CO)[C@H](O)[C@H](O[C@]5(C(=O)O)C[C@H](O)[C@@H](NC(C)=O)[C@H]([C@H](O)[C@H](O)CO)O5)[C@H]4O)[C@H](O[C@@H]4O[C@@H](C)[C@@H](O)[C@@H](O)[C@@H]4O)[C@H]3NC(C)=O)O[C@@H](O[C@@H]([C@H](O)[C@@H](O)CO)[C@H](O)CO)[C@@H]2O)O[C@H](CO)[C@@H](O[C@@H]2O[C@@H](C)[C@@H](O)[C@@H](O)[C@@H]2O)[C@@H]1O[C@@H]1O[C@H](CO)[C@H](O)[C@H](O)[C@H]1O. The second kappa shape index (κ2) is 41.0. The van der Waals surface area contributed by atoms with Crippen LogP contribution in [0.15, 0.2) is 0 Å². The lowest BCUT2D eigenvalue weighted by Gasteiger charge is -2.52. The van der Waals surface area contributed by atoms with Crippen molar-refractivity contribution in [2.24, 2.45) is 0 Å². The number of carboxylic acids is 1. The van der Waals surface area contributed by atoms with Crippen LogP contribution < -0.4 is 16.0 Å². The first kappa shape index (κ1) is 94.7. The molecule has 0 saturated carbocycles. The fourth-order valence-electron chi connectivity index (χ4n) is 14.3. The first-order valence-corrected chi connectivity index (χ1v) is 35.9. The van der Waals surface area contributed by atoms with Crippen LogP contribution in [-0.2, 0) is 95.0 Å². The summed E-state index contributed by atoms with van der Waals surface area (Å²) in [5.41, 5.74) is 0. The molecule has 8 aliphatic heterocycles. The van der Waals surface area contributed by atoms with Gasteiger partial charge in [0.15, 0.2) is 44.0 Å². The molecule has 113 heavy (non-hydrogen) atoms. The molecule has 8 heterocycles. The van der Waals surface area contributed by atoms with Crippen molar-refractivity contribution in [2.75, 3.05) is 52.9 Å². The van der Waals surface area contributed by atoms with E-state index in [9.17, 15) is 157 Å². The molecule has 656 valence electrons. The first-order chi connectivity index (χ1) is 53.2. The standard InChI is InChI=1S/C63H107N3O47/c1-15-32(81)39(88)42(91)57(99-15)107-49-27(13-73)104-56(31(66-19(5)76)52(49)110-59-44(93)41(90)36(85)24(10-70)101-59)111-53-38(87)28(105-60(45(53)94)106-47(23(80)9-69)34(83)21(78)7-67)14-98-55-30(65-18(4)75)51(109-58-43(92)40(89)33(82)16(2)100-58)48(26(12-72)103-55)108-61-46(95)54(37(86)25(11-71)102-61)113-63(62(96)97)6-20(77)29(64-17(3)74)50(112-63)35(84)22(79)8-68/h15-16,20-61,67-73,77-95H,6-14H2,1-5H3,(H,64,74)(H,65,75)(H,66,76)(H,96,97)/t15-,16-,20-,21-,22+,23+,24+,25+,26+,27+,28+,29+,30+,31+,32+,33+,34+,35+,36-,37-,38-,39+,40+,41-,42-,43-,44+,45+,46+,47+,48+,49+,50+,51+,52+,53-,54-,55+,56-,57-,58-,59-,60-,61-,63-/m0/s1. The Bertz CT molecular complexity index is 2990. The molecular formula is C63H107N3O47. The molecule has 0 unspecified atom stereocenters. The van der Waals surface area contributed by atoms with E-state index in [4.69, 9.17) is 75.8 Å². The molecule has 0 aromatic carbocycles. The van der Waals surface area contributed by atoms with Crippen molar-refractivity contribution in [1.29, 1.82) is 0 Å². The summed E-state index contributed by atoms with van der Waals surface area (Å²) in [5.74, 6) is -8.51. The molecule has 8 aliphatic rings. The zero-order valence-electron chi connectivity index (χ0n) is 61.0. The summed E-state index contributed by atoms with van der Waals surface area (Å²) in [6.45, 7) is -4.75. The zero-order valence-corrected chi connectivity index (χ0v) is 61.0.